The smallest absolute Gasteiger partial charge is 0.246 e. The predicted octanol–water partition coefficient (Wildman–Crippen LogP) is 3.02. The van der Waals surface area contributed by atoms with Crippen LogP contribution in [-0.4, -0.2) is 52.4 Å². The van der Waals surface area contributed by atoms with Crippen molar-refractivity contribution in [2.75, 3.05) is 18.4 Å². The number of carbonyl (C=O) groups excluding carboxylic acids is 1. The van der Waals surface area contributed by atoms with E-state index in [1.165, 1.54) is 0 Å². The van der Waals surface area contributed by atoms with E-state index >= 15 is 0 Å². The van der Waals surface area contributed by atoms with Gasteiger partial charge in [0.1, 0.15) is 19.4 Å². The molecule has 4 aromatic rings. The fourth-order valence-corrected chi connectivity index (χ4v) is 4.31. The Labute approximate surface area is 197 Å². The summed E-state index contributed by atoms with van der Waals surface area (Å²) in [5, 5.41) is 8.80. The normalized spacial score (nSPS) is 14.9. The lowest BCUT2D eigenvalue weighted by Crippen LogP contribution is -2.42. The predicted molar refractivity (Wildman–Crippen MR) is 133 cm³/mol. The molecule has 0 atom stereocenters. The molecule has 1 amide bonds. The molecule has 7 nitrogen and oxygen atoms in total. The number of benzene rings is 1. The quantitative estimate of drug-likeness (QED) is 0.367. The van der Waals surface area contributed by atoms with Gasteiger partial charge in [0.05, 0.1) is 12.0 Å². The summed E-state index contributed by atoms with van der Waals surface area (Å²) in [6.45, 7) is 1.37. The van der Waals surface area contributed by atoms with Gasteiger partial charge in [0.25, 0.3) is 0 Å². The summed E-state index contributed by atoms with van der Waals surface area (Å²) in [5.41, 5.74) is 3.48. The first kappa shape index (κ1) is 21.3. The Bertz CT molecular complexity index is 1310. The number of nitrogens with zero attached hydrogens (tertiary/aromatic N) is 4. The van der Waals surface area contributed by atoms with Crippen molar-refractivity contribution in [3.63, 3.8) is 0 Å². The van der Waals surface area contributed by atoms with Crippen molar-refractivity contribution in [3.8, 4) is 11.3 Å². The standard InChI is InChI=1S/C24H23BClN5O2/c25-19-15-27-31-22(14-21(29-24(19)31)18-5-1-2-6-20(18)26)28-16-9-11-30(12-10-16)23(32)8-7-17-4-3-13-33-17/h1-8,13-16,28H,9-12,25H2/b8-7+. The third-order valence-corrected chi connectivity index (χ3v) is 6.22. The summed E-state index contributed by atoms with van der Waals surface area (Å²) in [4.78, 5) is 19.2. The molecular weight excluding hydrogens is 437 g/mol. The van der Waals surface area contributed by atoms with Crippen LogP contribution < -0.4 is 10.8 Å². The summed E-state index contributed by atoms with van der Waals surface area (Å²) >= 11 is 6.44. The number of anilines is 1. The summed E-state index contributed by atoms with van der Waals surface area (Å²) < 4.78 is 7.08. The Morgan fingerprint density at radius 2 is 2.03 bits per heavy atom. The molecule has 0 radical (unpaired) electrons. The first-order chi connectivity index (χ1) is 16.1. The second-order valence-electron chi connectivity index (χ2n) is 8.16. The molecule has 1 aromatic carbocycles. The summed E-state index contributed by atoms with van der Waals surface area (Å²) in [6, 6.07) is 13.5. The summed E-state index contributed by atoms with van der Waals surface area (Å²) in [6.07, 6.45) is 8.36. The van der Waals surface area contributed by atoms with Crippen LogP contribution in [0.4, 0.5) is 5.82 Å². The number of halogens is 1. The van der Waals surface area contributed by atoms with Crippen LogP contribution in [0.5, 0.6) is 0 Å². The van der Waals surface area contributed by atoms with Crippen molar-refractivity contribution in [2.45, 2.75) is 18.9 Å². The number of piperidine rings is 1. The zero-order chi connectivity index (χ0) is 22.8. The maximum atomic E-state index is 12.5. The Balaban J connectivity index is 1.32. The average molecular weight is 460 g/mol. The van der Waals surface area contributed by atoms with Crippen molar-refractivity contribution >= 4 is 48.4 Å². The lowest BCUT2D eigenvalue weighted by Gasteiger charge is -2.32. The fourth-order valence-electron chi connectivity index (χ4n) is 4.08. The van der Waals surface area contributed by atoms with Gasteiger partial charge in [-0.3, -0.25) is 4.79 Å². The minimum atomic E-state index is -0.000131. The molecule has 4 heterocycles. The van der Waals surface area contributed by atoms with E-state index in [0.717, 1.165) is 41.0 Å². The number of furan rings is 1. The van der Waals surface area contributed by atoms with E-state index in [2.05, 4.69) is 10.4 Å². The van der Waals surface area contributed by atoms with E-state index < -0.39 is 0 Å². The van der Waals surface area contributed by atoms with Crippen LogP contribution in [0.1, 0.15) is 18.6 Å². The number of aromatic nitrogens is 3. The first-order valence-corrected chi connectivity index (χ1v) is 11.3. The van der Waals surface area contributed by atoms with E-state index in [-0.39, 0.29) is 11.9 Å². The van der Waals surface area contributed by atoms with Gasteiger partial charge in [-0.2, -0.15) is 9.61 Å². The molecule has 9 heteroatoms. The zero-order valence-electron chi connectivity index (χ0n) is 18.2. The Morgan fingerprint density at radius 3 is 2.79 bits per heavy atom. The molecule has 1 fully saturated rings. The molecule has 0 unspecified atom stereocenters. The van der Waals surface area contributed by atoms with Gasteiger partial charge >= 0.3 is 0 Å². The lowest BCUT2D eigenvalue weighted by molar-refractivity contribution is -0.126. The highest BCUT2D eigenvalue weighted by Crippen LogP contribution is 2.29. The zero-order valence-corrected chi connectivity index (χ0v) is 19.0. The average Bonchev–Trinajstić information content (AvgIpc) is 3.48. The molecule has 0 bridgehead atoms. The number of fused-ring (bicyclic) bond motifs is 1. The Kier molecular flexibility index (Phi) is 5.92. The maximum absolute atomic E-state index is 12.5. The van der Waals surface area contributed by atoms with Crippen LogP contribution >= 0.6 is 11.6 Å². The third kappa shape index (κ3) is 4.52. The first-order valence-electron chi connectivity index (χ1n) is 11.0. The van der Waals surface area contributed by atoms with Gasteiger partial charge in [0.15, 0.2) is 5.65 Å². The largest absolute Gasteiger partial charge is 0.465 e. The third-order valence-electron chi connectivity index (χ3n) is 5.89. The van der Waals surface area contributed by atoms with Gasteiger partial charge in [-0.15, -0.1) is 0 Å². The van der Waals surface area contributed by atoms with Gasteiger partial charge in [0, 0.05) is 48.1 Å². The van der Waals surface area contributed by atoms with Crippen LogP contribution in [0.15, 0.2) is 65.4 Å². The topological polar surface area (TPSA) is 75.7 Å². The molecule has 33 heavy (non-hydrogen) atoms. The Morgan fingerprint density at radius 1 is 1.21 bits per heavy atom. The maximum Gasteiger partial charge on any atom is 0.246 e. The van der Waals surface area contributed by atoms with Crippen molar-refractivity contribution in [1.29, 1.82) is 0 Å². The minimum Gasteiger partial charge on any atom is -0.465 e. The van der Waals surface area contributed by atoms with Gasteiger partial charge in [-0.25, -0.2) is 4.98 Å². The number of hydrogen-bond donors (Lipinski definition) is 1. The van der Waals surface area contributed by atoms with Gasteiger partial charge in [0.2, 0.25) is 5.91 Å². The summed E-state index contributed by atoms with van der Waals surface area (Å²) in [7, 11) is 2.00. The van der Waals surface area contributed by atoms with Crippen LogP contribution in [0, 0.1) is 0 Å². The molecule has 166 valence electrons. The molecule has 0 aliphatic carbocycles. The number of nitrogens with one attached hydrogen (secondary N) is 1. The molecule has 5 rings (SSSR count). The molecule has 1 aliphatic rings. The van der Waals surface area contributed by atoms with Crippen LogP contribution in [0.2, 0.25) is 5.02 Å². The summed E-state index contributed by atoms with van der Waals surface area (Å²) in [5.74, 6) is 1.54. The molecule has 3 aromatic heterocycles. The number of likely N-dealkylation sites (tertiary alicyclic amines) is 1. The molecular formula is C24H23BClN5O2. The van der Waals surface area contributed by atoms with Gasteiger partial charge < -0.3 is 14.6 Å². The monoisotopic (exact) mass is 459 g/mol. The van der Waals surface area contributed by atoms with E-state index in [9.17, 15) is 4.79 Å². The van der Waals surface area contributed by atoms with Gasteiger partial charge in [-0.1, -0.05) is 29.8 Å². The number of hydrogen-bond acceptors (Lipinski definition) is 5. The Hall–Kier alpha value is -3.52. The van der Waals surface area contributed by atoms with Crippen LogP contribution in [0.25, 0.3) is 23.0 Å². The highest BCUT2D eigenvalue weighted by Gasteiger charge is 2.23. The van der Waals surface area contributed by atoms with Gasteiger partial charge in [-0.05, 0) is 42.6 Å². The second kappa shape index (κ2) is 9.15. The van der Waals surface area contributed by atoms with Crippen molar-refractivity contribution in [3.05, 3.63) is 71.8 Å². The van der Waals surface area contributed by atoms with E-state index in [4.69, 9.17) is 21.0 Å². The number of rotatable bonds is 5. The molecule has 0 saturated carbocycles. The minimum absolute atomic E-state index is 0.000131. The molecule has 1 aliphatic heterocycles. The van der Waals surface area contributed by atoms with E-state index in [1.807, 2.05) is 59.9 Å². The molecule has 1 saturated heterocycles. The van der Waals surface area contributed by atoms with Crippen LogP contribution in [-0.2, 0) is 4.79 Å². The van der Waals surface area contributed by atoms with Crippen molar-refractivity contribution in [1.82, 2.24) is 19.5 Å². The van der Waals surface area contributed by atoms with E-state index in [1.54, 1.807) is 24.5 Å². The number of amides is 1. The highest BCUT2D eigenvalue weighted by atomic mass is 35.5. The SMILES string of the molecule is Bc1cnn2c(NC3CCN(C(=O)/C=C/c4ccco4)CC3)cc(-c3ccccc3Cl)nc12. The molecule has 0 spiro atoms. The van der Waals surface area contributed by atoms with Crippen molar-refractivity contribution < 1.29 is 9.21 Å². The fraction of sp³-hybridized carbons (Fsp3) is 0.208. The molecule has 1 N–H and O–H groups in total. The highest BCUT2D eigenvalue weighted by molar-refractivity contribution is 6.36. The lowest BCUT2D eigenvalue weighted by atomic mass is 10.0. The van der Waals surface area contributed by atoms with Crippen molar-refractivity contribution in [2.24, 2.45) is 0 Å². The second-order valence-corrected chi connectivity index (χ2v) is 8.57. The number of carbonyl (C=O) groups is 1. The van der Waals surface area contributed by atoms with Crippen LogP contribution in [0.3, 0.4) is 0 Å². The van der Waals surface area contributed by atoms with E-state index in [0.29, 0.717) is 23.9 Å².